The minimum absolute atomic E-state index is 0.00478. The number of aryl methyl sites for hydroxylation is 1. The molecule has 2 N–H and O–H groups in total. The van der Waals surface area contributed by atoms with Gasteiger partial charge < -0.3 is 10.4 Å². The molecule has 112 valence electrons. The summed E-state index contributed by atoms with van der Waals surface area (Å²) < 4.78 is 0. The number of aliphatic hydroxyl groups is 1. The molecule has 2 aromatic rings. The van der Waals surface area contributed by atoms with Gasteiger partial charge in [-0.2, -0.15) is 0 Å². The Morgan fingerprint density at radius 1 is 1.14 bits per heavy atom. The summed E-state index contributed by atoms with van der Waals surface area (Å²) >= 11 is 0. The van der Waals surface area contributed by atoms with Crippen molar-refractivity contribution < 1.29 is 9.90 Å². The van der Waals surface area contributed by atoms with Crippen LogP contribution in [0.5, 0.6) is 0 Å². The number of aliphatic hydroxyl groups excluding tert-OH is 1. The first-order valence-electron chi connectivity index (χ1n) is 7.40. The third kappa shape index (κ3) is 4.57. The number of fused-ring (bicyclic) bond motifs is 1. The SMILES string of the molecule is CC(C)(CO)NC(=O)CCCc1ccc2ccccc2c1. The van der Waals surface area contributed by atoms with Crippen molar-refractivity contribution in [1.29, 1.82) is 0 Å². The molecular weight excluding hydrogens is 262 g/mol. The summed E-state index contributed by atoms with van der Waals surface area (Å²) in [7, 11) is 0. The number of rotatable bonds is 6. The van der Waals surface area contributed by atoms with Gasteiger partial charge in [-0.1, -0.05) is 42.5 Å². The molecule has 3 heteroatoms. The molecule has 0 atom stereocenters. The summed E-state index contributed by atoms with van der Waals surface area (Å²) in [5.41, 5.74) is 0.711. The van der Waals surface area contributed by atoms with Crippen molar-refractivity contribution in [2.24, 2.45) is 0 Å². The summed E-state index contributed by atoms with van der Waals surface area (Å²) in [6.45, 7) is 3.58. The van der Waals surface area contributed by atoms with E-state index >= 15 is 0 Å². The second-order valence-corrected chi connectivity index (χ2v) is 6.13. The first kappa shape index (κ1) is 15.5. The summed E-state index contributed by atoms with van der Waals surface area (Å²) in [6.07, 6.45) is 2.18. The molecule has 0 saturated heterocycles. The molecule has 2 rings (SSSR count). The number of nitrogens with one attached hydrogen (secondary N) is 1. The van der Waals surface area contributed by atoms with Crippen LogP contribution in [0.15, 0.2) is 42.5 Å². The van der Waals surface area contributed by atoms with Crippen LogP contribution in [0.1, 0.15) is 32.3 Å². The number of carbonyl (C=O) groups is 1. The molecule has 0 fully saturated rings. The summed E-state index contributed by atoms with van der Waals surface area (Å²) in [6, 6.07) is 14.7. The lowest BCUT2D eigenvalue weighted by atomic mass is 10.0. The van der Waals surface area contributed by atoms with Gasteiger partial charge in [-0.3, -0.25) is 4.79 Å². The van der Waals surface area contributed by atoms with Crippen LogP contribution in [0.2, 0.25) is 0 Å². The smallest absolute Gasteiger partial charge is 0.220 e. The van der Waals surface area contributed by atoms with Crippen molar-refractivity contribution >= 4 is 16.7 Å². The van der Waals surface area contributed by atoms with E-state index in [-0.39, 0.29) is 12.5 Å². The fourth-order valence-corrected chi connectivity index (χ4v) is 2.33. The van der Waals surface area contributed by atoms with E-state index in [4.69, 9.17) is 5.11 Å². The van der Waals surface area contributed by atoms with Crippen LogP contribution in [0, 0.1) is 0 Å². The molecule has 0 aliphatic rings. The maximum Gasteiger partial charge on any atom is 0.220 e. The van der Waals surface area contributed by atoms with Crippen molar-refractivity contribution in [3.63, 3.8) is 0 Å². The van der Waals surface area contributed by atoms with E-state index in [1.54, 1.807) is 0 Å². The van der Waals surface area contributed by atoms with Gasteiger partial charge in [0.05, 0.1) is 12.1 Å². The van der Waals surface area contributed by atoms with E-state index in [2.05, 4.69) is 35.6 Å². The first-order chi connectivity index (χ1) is 10.00. The van der Waals surface area contributed by atoms with Gasteiger partial charge in [0.25, 0.3) is 0 Å². The zero-order valence-electron chi connectivity index (χ0n) is 12.7. The Kier molecular flexibility index (Phi) is 4.97. The normalized spacial score (nSPS) is 11.6. The maximum absolute atomic E-state index is 11.8. The predicted molar refractivity (Wildman–Crippen MR) is 86.2 cm³/mol. The molecule has 1 amide bonds. The molecule has 21 heavy (non-hydrogen) atoms. The number of hydrogen-bond acceptors (Lipinski definition) is 2. The molecule has 0 radical (unpaired) electrons. The van der Waals surface area contributed by atoms with Gasteiger partial charge in [-0.05, 0) is 43.0 Å². The molecule has 3 nitrogen and oxygen atoms in total. The van der Waals surface area contributed by atoms with Gasteiger partial charge >= 0.3 is 0 Å². The topological polar surface area (TPSA) is 49.3 Å². The van der Waals surface area contributed by atoms with Gasteiger partial charge in [0.15, 0.2) is 0 Å². The van der Waals surface area contributed by atoms with Crippen LogP contribution in [0.3, 0.4) is 0 Å². The highest BCUT2D eigenvalue weighted by molar-refractivity contribution is 5.83. The van der Waals surface area contributed by atoms with E-state index in [1.807, 2.05) is 26.0 Å². The van der Waals surface area contributed by atoms with Crippen molar-refractivity contribution in [1.82, 2.24) is 5.32 Å². The number of carbonyl (C=O) groups excluding carboxylic acids is 1. The average Bonchev–Trinajstić information content (AvgIpc) is 2.46. The molecule has 0 aliphatic carbocycles. The van der Waals surface area contributed by atoms with E-state index in [0.29, 0.717) is 6.42 Å². The van der Waals surface area contributed by atoms with Gasteiger partial charge in [-0.15, -0.1) is 0 Å². The van der Waals surface area contributed by atoms with Gasteiger partial charge in [0.1, 0.15) is 0 Å². The Morgan fingerprint density at radius 3 is 2.57 bits per heavy atom. The largest absolute Gasteiger partial charge is 0.394 e. The molecule has 0 bridgehead atoms. The van der Waals surface area contributed by atoms with Crippen LogP contribution in [0.25, 0.3) is 10.8 Å². The molecule has 2 aromatic carbocycles. The lowest BCUT2D eigenvalue weighted by Crippen LogP contribution is -2.46. The Hall–Kier alpha value is -1.87. The Bertz CT molecular complexity index is 619. The molecule has 0 spiro atoms. The summed E-state index contributed by atoms with van der Waals surface area (Å²) in [5, 5.41) is 14.4. The molecule has 0 aliphatic heterocycles. The lowest BCUT2D eigenvalue weighted by molar-refractivity contribution is -0.123. The number of amides is 1. The van der Waals surface area contributed by atoms with E-state index in [1.165, 1.54) is 16.3 Å². The monoisotopic (exact) mass is 285 g/mol. The standard InChI is InChI=1S/C18H23NO2/c1-18(2,13-20)19-17(21)9-5-6-14-10-11-15-7-3-4-8-16(15)12-14/h3-4,7-8,10-12,20H,5-6,9,13H2,1-2H3,(H,19,21). The van der Waals surface area contributed by atoms with E-state index in [0.717, 1.165) is 12.8 Å². The Labute approximate surface area is 126 Å². The average molecular weight is 285 g/mol. The highest BCUT2D eigenvalue weighted by atomic mass is 16.3. The Balaban J connectivity index is 1.86. The van der Waals surface area contributed by atoms with Crippen LogP contribution in [-0.4, -0.2) is 23.2 Å². The summed E-state index contributed by atoms with van der Waals surface area (Å²) in [4.78, 5) is 11.8. The van der Waals surface area contributed by atoms with Crippen LogP contribution in [0.4, 0.5) is 0 Å². The molecule has 0 saturated carbocycles. The van der Waals surface area contributed by atoms with Crippen LogP contribution in [-0.2, 0) is 11.2 Å². The second kappa shape index (κ2) is 6.72. The fraction of sp³-hybridized carbons (Fsp3) is 0.389. The first-order valence-corrected chi connectivity index (χ1v) is 7.40. The maximum atomic E-state index is 11.8. The second-order valence-electron chi connectivity index (χ2n) is 6.13. The molecule has 0 unspecified atom stereocenters. The predicted octanol–water partition coefficient (Wildman–Crippen LogP) is 3.05. The molecule has 0 heterocycles. The zero-order chi connectivity index (χ0) is 15.3. The van der Waals surface area contributed by atoms with Gasteiger partial charge in [0, 0.05) is 6.42 Å². The van der Waals surface area contributed by atoms with Gasteiger partial charge in [0.2, 0.25) is 5.91 Å². The van der Waals surface area contributed by atoms with E-state index < -0.39 is 5.54 Å². The van der Waals surface area contributed by atoms with E-state index in [9.17, 15) is 4.79 Å². The van der Waals surface area contributed by atoms with Crippen molar-refractivity contribution in [3.8, 4) is 0 Å². The minimum Gasteiger partial charge on any atom is -0.394 e. The quantitative estimate of drug-likeness (QED) is 0.857. The van der Waals surface area contributed by atoms with Crippen molar-refractivity contribution in [3.05, 3.63) is 48.0 Å². The number of benzene rings is 2. The molecular formula is C18H23NO2. The number of hydrogen-bond donors (Lipinski definition) is 2. The Morgan fingerprint density at radius 2 is 1.86 bits per heavy atom. The highest BCUT2D eigenvalue weighted by Gasteiger charge is 2.18. The van der Waals surface area contributed by atoms with Crippen LogP contribution < -0.4 is 5.32 Å². The highest BCUT2D eigenvalue weighted by Crippen LogP contribution is 2.17. The fourth-order valence-electron chi connectivity index (χ4n) is 2.33. The minimum atomic E-state index is -0.542. The molecule has 0 aromatic heterocycles. The zero-order valence-corrected chi connectivity index (χ0v) is 12.7. The third-order valence-electron chi connectivity index (χ3n) is 3.56. The van der Waals surface area contributed by atoms with Gasteiger partial charge in [-0.25, -0.2) is 0 Å². The van der Waals surface area contributed by atoms with Crippen molar-refractivity contribution in [2.45, 2.75) is 38.6 Å². The summed E-state index contributed by atoms with van der Waals surface area (Å²) in [5.74, 6) is -0.00478. The van der Waals surface area contributed by atoms with Crippen LogP contribution >= 0.6 is 0 Å². The third-order valence-corrected chi connectivity index (χ3v) is 3.56. The van der Waals surface area contributed by atoms with Crippen molar-refractivity contribution in [2.75, 3.05) is 6.61 Å². The lowest BCUT2D eigenvalue weighted by Gasteiger charge is -2.23.